The maximum Gasteiger partial charge on any atom is 0.322 e. The molecule has 0 unspecified atom stereocenters. The van der Waals surface area contributed by atoms with E-state index in [1.807, 2.05) is 111 Å². The molecular weight excluding hydrogens is 502 g/mol. The van der Waals surface area contributed by atoms with E-state index in [4.69, 9.17) is 4.74 Å². The van der Waals surface area contributed by atoms with Crippen LogP contribution in [-0.4, -0.2) is 28.9 Å². The molecule has 1 heterocycles. The summed E-state index contributed by atoms with van der Waals surface area (Å²) in [7, 11) is 0. The summed E-state index contributed by atoms with van der Waals surface area (Å²) in [6.07, 6.45) is 1.49. The van der Waals surface area contributed by atoms with Crippen LogP contribution in [0.3, 0.4) is 0 Å². The quantitative estimate of drug-likeness (QED) is 0.260. The predicted octanol–water partition coefficient (Wildman–Crippen LogP) is 6.73. The van der Waals surface area contributed by atoms with Gasteiger partial charge >= 0.3 is 5.97 Å². The van der Waals surface area contributed by atoms with Crippen molar-refractivity contribution in [1.29, 1.82) is 0 Å². The Morgan fingerprint density at radius 3 is 2.00 bits per heavy atom. The van der Waals surface area contributed by atoms with Gasteiger partial charge in [-0.3, -0.25) is 9.59 Å². The molecule has 1 aliphatic heterocycles. The summed E-state index contributed by atoms with van der Waals surface area (Å²) < 4.78 is 6.85. The Hall–Kier alpha value is -2.92. The maximum absolute atomic E-state index is 14.5. The zero-order valence-corrected chi connectivity index (χ0v) is 22.1. The average Bonchev–Trinajstić information content (AvgIpc) is 2.83. The van der Waals surface area contributed by atoms with Gasteiger partial charge in [0.05, 0.1) is 6.04 Å². The van der Waals surface area contributed by atoms with Gasteiger partial charge in [0, 0.05) is 11.0 Å². The van der Waals surface area contributed by atoms with Gasteiger partial charge in [0.25, 0.3) is 0 Å². The van der Waals surface area contributed by atoms with Crippen molar-refractivity contribution in [3.63, 3.8) is 0 Å². The minimum Gasteiger partial charge on any atom is -0.459 e. The minimum absolute atomic E-state index is 0.168. The molecule has 0 saturated carbocycles. The van der Waals surface area contributed by atoms with Crippen LogP contribution >= 0.6 is 15.9 Å². The van der Waals surface area contributed by atoms with Crippen molar-refractivity contribution in [2.75, 3.05) is 6.54 Å². The van der Waals surface area contributed by atoms with E-state index in [9.17, 15) is 9.59 Å². The Morgan fingerprint density at radius 1 is 0.943 bits per heavy atom. The van der Waals surface area contributed by atoms with Gasteiger partial charge in [-0.15, -0.1) is 0 Å². The SMILES string of the molecule is CC(C)(C)OC(=O)[C@]1(Cc2ccc(Br)cc2)CCCN(C(c2ccccc2)c2ccccc2)C1=O. The van der Waals surface area contributed by atoms with Crippen molar-refractivity contribution in [3.05, 3.63) is 106 Å². The van der Waals surface area contributed by atoms with E-state index in [0.717, 1.165) is 27.6 Å². The highest BCUT2D eigenvalue weighted by atomic mass is 79.9. The number of esters is 1. The molecule has 4 nitrogen and oxygen atoms in total. The Morgan fingerprint density at radius 2 is 1.49 bits per heavy atom. The lowest BCUT2D eigenvalue weighted by molar-refractivity contribution is -0.178. The Kier molecular flexibility index (Phi) is 7.46. The van der Waals surface area contributed by atoms with Gasteiger partial charge in [0.15, 0.2) is 5.41 Å². The molecule has 0 spiro atoms. The number of nitrogens with zero attached hydrogens (tertiary/aromatic N) is 1. The molecule has 3 aromatic rings. The molecule has 3 aromatic carbocycles. The van der Waals surface area contributed by atoms with Crippen LogP contribution in [0.25, 0.3) is 0 Å². The first kappa shape index (κ1) is 25.2. The topological polar surface area (TPSA) is 46.6 Å². The van der Waals surface area contributed by atoms with Gasteiger partial charge in [0.2, 0.25) is 5.91 Å². The monoisotopic (exact) mass is 533 g/mol. The number of likely N-dealkylation sites (tertiary alicyclic amines) is 1. The molecule has 35 heavy (non-hydrogen) atoms. The highest BCUT2D eigenvalue weighted by molar-refractivity contribution is 9.10. The van der Waals surface area contributed by atoms with Gasteiger partial charge < -0.3 is 9.64 Å². The maximum atomic E-state index is 14.5. The number of piperidine rings is 1. The number of carbonyl (C=O) groups excluding carboxylic acids is 2. The summed E-state index contributed by atoms with van der Waals surface area (Å²) in [5.74, 6) is -0.610. The number of rotatable bonds is 6. The summed E-state index contributed by atoms with van der Waals surface area (Å²) in [4.78, 5) is 30.1. The fraction of sp³-hybridized carbons (Fsp3) is 0.333. The molecule has 1 fully saturated rings. The third kappa shape index (κ3) is 5.67. The molecule has 1 atom stereocenters. The molecule has 5 heteroatoms. The normalized spacial score (nSPS) is 18.5. The van der Waals surface area contributed by atoms with Crippen LogP contribution in [0.4, 0.5) is 0 Å². The number of benzene rings is 3. The summed E-state index contributed by atoms with van der Waals surface area (Å²) in [6, 6.07) is 27.6. The number of hydrogen-bond acceptors (Lipinski definition) is 3. The van der Waals surface area contributed by atoms with Crippen LogP contribution < -0.4 is 0 Å². The van der Waals surface area contributed by atoms with E-state index in [-0.39, 0.29) is 11.9 Å². The molecule has 0 aliphatic carbocycles. The summed E-state index contributed by atoms with van der Waals surface area (Å²) in [5, 5.41) is 0. The molecule has 4 rings (SSSR count). The Bertz CT molecular complexity index is 1120. The van der Waals surface area contributed by atoms with E-state index in [2.05, 4.69) is 15.9 Å². The first-order chi connectivity index (χ1) is 16.7. The van der Waals surface area contributed by atoms with E-state index < -0.39 is 17.0 Å². The molecule has 182 valence electrons. The Labute approximate surface area is 216 Å². The van der Waals surface area contributed by atoms with E-state index in [1.165, 1.54) is 0 Å². The molecule has 1 amide bonds. The highest BCUT2D eigenvalue weighted by Crippen LogP contribution is 2.42. The van der Waals surface area contributed by atoms with Gasteiger partial charge in [-0.25, -0.2) is 0 Å². The molecule has 1 aliphatic rings. The highest BCUT2D eigenvalue weighted by Gasteiger charge is 2.53. The van der Waals surface area contributed by atoms with Crippen LogP contribution in [0.2, 0.25) is 0 Å². The lowest BCUT2D eigenvalue weighted by Gasteiger charge is -2.44. The molecule has 1 saturated heterocycles. The van der Waals surface area contributed by atoms with Gasteiger partial charge in [-0.05, 0) is 68.9 Å². The standard InChI is InChI=1S/C30H32BrNO3/c1-29(2,3)35-28(34)30(21-22-15-17-25(31)18-16-22)19-10-20-32(27(30)33)26(23-11-6-4-7-12-23)24-13-8-5-9-14-24/h4-9,11-18,26H,10,19-21H2,1-3H3/t30-/m0/s1. The van der Waals surface area contributed by atoms with Crippen molar-refractivity contribution in [3.8, 4) is 0 Å². The zero-order chi connectivity index (χ0) is 25.1. The molecule has 0 N–H and O–H groups in total. The van der Waals surface area contributed by atoms with Crippen molar-refractivity contribution in [1.82, 2.24) is 4.90 Å². The summed E-state index contributed by atoms with van der Waals surface area (Å²) >= 11 is 3.48. The fourth-order valence-electron chi connectivity index (χ4n) is 4.86. The van der Waals surface area contributed by atoms with Crippen LogP contribution in [0.15, 0.2) is 89.4 Å². The number of carbonyl (C=O) groups is 2. The first-order valence-corrected chi connectivity index (χ1v) is 12.9. The van der Waals surface area contributed by atoms with E-state index in [0.29, 0.717) is 19.4 Å². The van der Waals surface area contributed by atoms with Crippen LogP contribution in [0, 0.1) is 5.41 Å². The zero-order valence-electron chi connectivity index (χ0n) is 20.5. The Balaban J connectivity index is 1.79. The number of ether oxygens (including phenoxy) is 1. The van der Waals surface area contributed by atoms with Crippen molar-refractivity contribution in [2.45, 2.75) is 51.7 Å². The summed E-state index contributed by atoms with van der Waals surface area (Å²) in [5.41, 5.74) is 1.02. The van der Waals surface area contributed by atoms with Crippen LogP contribution in [0.5, 0.6) is 0 Å². The van der Waals surface area contributed by atoms with Crippen molar-refractivity contribution in [2.24, 2.45) is 5.41 Å². The number of amides is 1. The molecule has 0 bridgehead atoms. The minimum atomic E-state index is -1.28. The molecule has 0 radical (unpaired) electrons. The summed E-state index contributed by atoms with van der Waals surface area (Å²) in [6.45, 7) is 6.12. The van der Waals surface area contributed by atoms with Crippen molar-refractivity contribution >= 4 is 27.8 Å². The van der Waals surface area contributed by atoms with E-state index >= 15 is 0 Å². The number of halogens is 1. The smallest absolute Gasteiger partial charge is 0.322 e. The van der Waals surface area contributed by atoms with E-state index in [1.54, 1.807) is 0 Å². The van der Waals surface area contributed by atoms with Gasteiger partial charge in [-0.2, -0.15) is 0 Å². The predicted molar refractivity (Wildman–Crippen MR) is 142 cm³/mol. The lowest BCUT2D eigenvalue weighted by atomic mass is 9.73. The third-order valence-electron chi connectivity index (χ3n) is 6.42. The average molecular weight is 534 g/mol. The largest absolute Gasteiger partial charge is 0.459 e. The second-order valence-electron chi connectivity index (χ2n) is 10.2. The van der Waals surface area contributed by atoms with Gasteiger partial charge in [-0.1, -0.05) is 88.7 Å². The fourth-order valence-corrected chi connectivity index (χ4v) is 5.12. The van der Waals surface area contributed by atoms with Crippen LogP contribution in [0.1, 0.15) is 56.3 Å². The first-order valence-electron chi connectivity index (χ1n) is 12.1. The third-order valence-corrected chi connectivity index (χ3v) is 6.95. The second-order valence-corrected chi connectivity index (χ2v) is 11.1. The number of hydrogen-bond donors (Lipinski definition) is 0. The van der Waals surface area contributed by atoms with Gasteiger partial charge in [0.1, 0.15) is 5.60 Å². The molecular formula is C30H32BrNO3. The lowest BCUT2D eigenvalue weighted by Crippen LogP contribution is -2.56. The van der Waals surface area contributed by atoms with Crippen LogP contribution in [-0.2, 0) is 20.7 Å². The second kappa shape index (κ2) is 10.4. The molecule has 0 aromatic heterocycles. The van der Waals surface area contributed by atoms with Crippen molar-refractivity contribution < 1.29 is 14.3 Å².